The van der Waals surface area contributed by atoms with Gasteiger partial charge < -0.3 is 25.4 Å². The molecular formula is C22H28N4O3. The third-order valence-corrected chi connectivity index (χ3v) is 4.47. The van der Waals surface area contributed by atoms with Crippen molar-refractivity contribution in [3.05, 3.63) is 59.7 Å². The van der Waals surface area contributed by atoms with E-state index in [1.165, 1.54) is 0 Å². The Bertz CT molecular complexity index is 853. The van der Waals surface area contributed by atoms with Gasteiger partial charge in [-0.2, -0.15) is 0 Å². The highest BCUT2D eigenvalue weighted by molar-refractivity contribution is 5.94. The highest BCUT2D eigenvalue weighted by Gasteiger charge is 2.20. The van der Waals surface area contributed by atoms with Crippen molar-refractivity contribution in [3.8, 4) is 11.5 Å². The molecule has 0 saturated carbocycles. The van der Waals surface area contributed by atoms with E-state index in [4.69, 9.17) is 9.47 Å². The van der Waals surface area contributed by atoms with Gasteiger partial charge >= 0.3 is 0 Å². The molecule has 7 heteroatoms. The van der Waals surface area contributed by atoms with Crippen LogP contribution < -0.4 is 25.4 Å². The summed E-state index contributed by atoms with van der Waals surface area (Å²) in [6, 6.07) is 15.2. The monoisotopic (exact) mass is 396 g/mol. The fraction of sp³-hybridized carbons (Fsp3) is 0.364. The molecule has 1 atom stereocenters. The molecule has 1 heterocycles. The van der Waals surface area contributed by atoms with E-state index < -0.39 is 0 Å². The number of hydrogen-bond acceptors (Lipinski definition) is 4. The molecule has 0 spiro atoms. The van der Waals surface area contributed by atoms with Crippen LogP contribution in [0.2, 0.25) is 0 Å². The first-order valence-corrected chi connectivity index (χ1v) is 9.89. The summed E-state index contributed by atoms with van der Waals surface area (Å²) >= 11 is 0. The minimum absolute atomic E-state index is 0.0501. The zero-order valence-corrected chi connectivity index (χ0v) is 16.9. The summed E-state index contributed by atoms with van der Waals surface area (Å²) in [5.74, 6) is 2.14. The largest absolute Gasteiger partial charge is 0.486 e. The number of nitrogens with one attached hydrogen (secondary N) is 3. The number of amides is 1. The number of benzene rings is 2. The van der Waals surface area contributed by atoms with Gasteiger partial charge in [0, 0.05) is 25.7 Å². The van der Waals surface area contributed by atoms with Crippen molar-refractivity contribution in [2.45, 2.75) is 26.0 Å². The van der Waals surface area contributed by atoms with Crippen molar-refractivity contribution in [1.29, 1.82) is 0 Å². The van der Waals surface area contributed by atoms with Crippen molar-refractivity contribution < 1.29 is 14.3 Å². The molecule has 29 heavy (non-hydrogen) atoms. The number of carbonyl (C=O) groups is 1. The van der Waals surface area contributed by atoms with Crippen molar-refractivity contribution in [3.63, 3.8) is 0 Å². The van der Waals surface area contributed by atoms with Gasteiger partial charge in [-0.15, -0.1) is 0 Å². The molecule has 0 fully saturated rings. The molecule has 0 aromatic heterocycles. The summed E-state index contributed by atoms with van der Waals surface area (Å²) in [6.07, 6.45) is 0.810. The lowest BCUT2D eigenvalue weighted by molar-refractivity contribution is 0.0936. The molecule has 3 N–H and O–H groups in total. The number of fused-ring (bicyclic) bond motifs is 1. The fourth-order valence-electron chi connectivity index (χ4n) is 2.94. The van der Waals surface area contributed by atoms with Gasteiger partial charge in [-0.3, -0.25) is 9.79 Å². The summed E-state index contributed by atoms with van der Waals surface area (Å²) in [5.41, 5.74) is 1.66. The highest BCUT2D eigenvalue weighted by atomic mass is 16.6. The molecule has 1 amide bonds. The quantitative estimate of drug-likeness (QED) is 0.494. The van der Waals surface area contributed by atoms with Crippen LogP contribution in [0.15, 0.2) is 53.5 Å². The van der Waals surface area contributed by atoms with Gasteiger partial charge in [0.1, 0.15) is 12.7 Å². The van der Waals surface area contributed by atoms with Gasteiger partial charge in [0.2, 0.25) is 0 Å². The first-order chi connectivity index (χ1) is 14.2. The van der Waals surface area contributed by atoms with Gasteiger partial charge in [0.05, 0.1) is 6.54 Å². The van der Waals surface area contributed by atoms with Crippen molar-refractivity contribution >= 4 is 11.9 Å². The van der Waals surface area contributed by atoms with Crippen LogP contribution in [0.1, 0.15) is 29.3 Å². The van der Waals surface area contributed by atoms with Crippen LogP contribution in [0.25, 0.3) is 0 Å². The van der Waals surface area contributed by atoms with E-state index in [2.05, 4.69) is 20.9 Å². The number of para-hydroxylation sites is 2. The maximum Gasteiger partial charge on any atom is 0.251 e. The molecule has 2 aromatic rings. The average molecular weight is 396 g/mol. The van der Waals surface area contributed by atoms with E-state index in [-0.39, 0.29) is 12.0 Å². The number of rotatable bonds is 7. The van der Waals surface area contributed by atoms with Crippen LogP contribution in [-0.4, -0.2) is 44.7 Å². The zero-order valence-electron chi connectivity index (χ0n) is 16.9. The molecule has 1 unspecified atom stereocenters. The first-order valence-electron chi connectivity index (χ1n) is 9.89. The van der Waals surface area contributed by atoms with Crippen molar-refractivity contribution in [1.82, 2.24) is 16.0 Å². The predicted octanol–water partition coefficient (Wildman–Crippen LogP) is 2.33. The number of ether oxygens (including phenoxy) is 2. The van der Waals surface area contributed by atoms with Crippen LogP contribution in [0.3, 0.4) is 0 Å². The van der Waals surface area contributed by atoms with Crippen molar-refractivity contribution in [2.24, 2.45) is 4.99 Å². The maximum absolute atomic E-state index is 12.1. The SMILES string of the molecule is CCCNC(=O)c1cccc(CNC(=NC)NCC2COc3ccccc3O2)c1. The second kappa shape index (κ2) is 10.4. The molecule has 0 saturated heterocycles. The lowest BCUT2D eigenvalue weighted by Crippen LogP contribution is -2.45. The lowest BCUT2D eigenvalue weighted by atomic mass is 10.1. The Morgan fingerprint density at radius 3 is 2.72 bits per heavy atom. The Labute approximate surface area is 171 Å². The number of carbonyl (C=O) groups excluding carboxylic acids is 1. The van der Waals surface area contributed by atoms with Gasteiger partial charge in [-0.25, -0.2) is 0 Å². The van der Waals surface area contributed by atoms with Crippen LogP contribution in [0, 0.1) is 0 Å². The molecule has 0 bridgehead atoms. The Hall–Kier alpha value is -3.22. The zero-order chi connectivity index (χ0) is 20.5. The second-order valence-electron chi connectivity index (χ2n) is 6.76. The van der Waals surface area contributed by atoms with Gasteiger partial charge in [0.25, 0.3) is 5.91 Å². The number of guanidine groups is 1. The molecule has 1 aliphatic heterocycles. The fourth-order valence-corrected chi connectivity index (χ4v) is 2.94. The van der Waals surface area contributed by atoms with Gasteiger partial charge in [-0.1, -0.05) is 31.2 Å². The van der Waals surface area contributed by atoms with Crippen LogP contribution in [-0.2, 0) is 6.54 Å². The molecule has 1 aliphatic rings. The molecule has 154 valence electrons. The summed E-state index contributed by atoms with van der Waals surface area (Å²) in [6.45, 7) is 4.31. The highest BCUT2D eigenvalue weighted by Crippen LogP contribution is 2.30. The average Bonchev–Trinajstić information content (AvgIpc) is 2.77. The summed E-state index contributed by atoms with van der Waals surface area (Å²) in [7, 11) is 1.72. The smallest absolute Gasteiger partial charge is 0.251 e. The molecule has 0 aliphatic carbocycles. The topological polar surface area (TPSA) is 84.0 Å². The van der Waals surface area contributed by atoms with Gasteiger partial charge in [0.15, 0.2) is 17.5 Å². The predicted molar refractivity (Wildman–Crippen MR) is 114 cm³/mol. The second-order valence-corrected chi connectivity index (χ2v) is 6.76. The summed E-state index contributed by atoms with van der Waals surface area (Å²) in [4.78, 5) is 16.4. The molecule has 0 radical (unpaired) electrons. The minimum Gasteiger partial charge on any atom is -0.486 e. The van der Waals surface area contributed by atoms with Crippen LogP contribution in [0.4, 0.5) is 0 Å². The Morgan fingerprint density at radius 1 is 1.10 bits per heavy atom. The minimum atomic E-state index is -0.103. The molecule has 3 rings (SSSR count). The third kappa shape index (κ3) is 5.88. The Kier molecular flexibility index (Phi) is 7.33. The molecule has 7 nitrogen and oxygen atoms in total. The van der Waals surface area contributed by atoms with E-state index in [1.54, 1.807) is 7.05 Å². The standard InChI is InChI=1S/C22H28N4O3/c1-3-11-24-21(27)17-8-6-7-16(12-17)13-25-22(23-2)26-14-18-15-28-19-9-4-5-10-20(19)29-18/h4-10,12,18H,3,11,13-15H2,1-2H3,(H,24,27)(H2,23,25,26). The Morgan fingerprint density at radius 2 is 1.93 bits per heavy atom. The van der Waals surface area contributed by atoms with E-state index >= 15 is 0 Å². The van der Waals surface area contributed by atoms with Crippen molar-refractivity contribution in [2.75, 3.05) is 26.7 Å². The van der Waals surface area contributed by atoms with E-state index in [0.717, 1.165) is 23.5 Å². The number of hydrogen-bond donors (Lipinski definition) is 3. The van der Waals surface area contributed by atoms with E-state index in [0.29, 0.717) is 37.8 Å². The molecule has 2 aromatic carbocycles. The first kappa shape index (κ1) is 20.5. The lowest BCUT2D eigenvalue weighted by Gasteiger charge is -2.27. The van der Waals surface area contributed by atoms with Gasteiger partial charge in [-0.05, 0) is 36.2 Å². The van der Waals surface area contributed by atoms with Crippen LogP contribution in [0.5, 0.6) is 11.5 Å². The van der Waals surface area contributed by atoms with E-state index in [1.807, 2.05) is 55.5 Å². The summed E-state index contributed by atoms with van der Waals surface area (Å²) < 4.78 is 11.7. The number of nitrogens with zero attached hydrogens (tertiary/aromatic N) is 1. The maximum atomic E-state index is 12.1. The Balaban J connectivity index is 1.48. The summed E-state index contributed by atoms with van der Waals surface area (Å²) in [5, 5.41) is 9.42. The third-order valence-electron chi connectivity index (χ3n) is 4.47. The number of aliphatic imine (C=N–C) groups is 1. The molecular weight excluding hydrogens is 368 g/mol. The van der Waals surface area contributed by atoms with E-state index in [9.17, 15) is 4.79 Å². The van der Waals surface area contributed by atoms with Crippen LogP contribution >= 0.6 is 0 Å². The normalized spacial score (nSPS) is 15.5.